The molecule has 0 radical (unpaired) electrons. The molecule has 4 rings (SSSR count). The van der Waals surface area contributed by atoms with Gasteiger partial charge in [-0.15, -0.1) is 0 Å². The SMILES string of the molecule is COc1cc2c(cc1O)CC[C@@H]1[C@@H]2CC[C@]2(C)[C@@H](C)CC[C@@H]12. The zero-order chi connectivity index (χ0) is 15.5. The van der Waals surface area contributed by atoms with Crippen molar-refractivity contribution in [3.63, 3.8) is 0 Å². The van der Waals surface area contributed by atoms with Crippen molar-refractivity contribution in [3.8, 4) is 11.5 Å². The van der Waals surface area contributed by atoms with Gasteiger partial charge in [0.05, 0.1) is 7.11 Å². The molecule has 2 nitrogen and oxygen atoms in total. The van der Waals surface area contributed by atoms with Crippen LogP contribution >= 0.6 is 0 Å². The van der Waals surface area contributed by atoms with Gasteiger partial charge in [0.2, 0.25) is 0 Å². The van der Waals surface area contributed by atoms with Gasteiger partial charge in [0.15, 0.2) is 11.5 Å². The first-order valence-electron chi connectivity index (χ1n) is 8.94. The average Bonchev–Trinajstić information content (AvgIpc) is 2.82. The first kappa shape index (κ1) is 14.4. The molecule has 120 valence electrons. The predicted octanol–water partition coefficient (Wildman–Crippen LogP) is 4.89. The van der Waals surface area contributed by atoms with Gasteiger partial charge in [0.25, 0.3) is 0 Å². The minimum absolute atomic E-state index is 0.301. The highest BCUT2D eigenvalue weighted by Gasteiger charge is 2.53. The van der Waals surface area contributed by atoms with Gasteiger partial charge in [-0.25, -0.2) is 0 Å². The number of hydrogen-bond acceptors (Lipinski definition) is 2. The molecular formula is C20H28O2. The van der Waals surface area contributed by atoms with Crippen molar-refractivity contribution < 1.29 is 9.84 Å². The van der Waals surface area contributed by atoms with Gasteiger partial charge in [-0.05, 0) is 90.9 Å². The molecule has 3 aliphatic carbocycles. The highest BCUT2D eigenvalue weighted by Crippen LogP contribution is 2.63. The maximum absolute atomic E-state index is 10.1. The van der Waals surface area contributed by atoms with Gasteiger partial charge >= 0.3 is 0 Å². The number of phenolic OH excluding ortho intramolecular Hbond substituents is 1. The Kier molecular flexibility index (Phi) is 3.22. The van der Waals surface area contributed by atoms with E-state index in [0.717, 1.165) is 24.2 Å². The molecule has 1 aromatic carbocycles. The first-order valence-corrected chi connectivity index (χ1v) is 8.94. The molecule has 2 heteroatoms. The van der Waals surface area contributed by atoms with E-state index in [0.29, 0.717) is 22.8 Å². The molecule has 3 aliphatic rings. The van der Waals surface area contributed by atoms with Crippen molar-refractivity contribution >= 4 is 0 Å². The third-order valence-corrected chi connectivity index (χ3v) is 7.50. The predicted molar refractivity (Wildman–Crippen MR) is 88.4 cm³/mol. The topological polar surface area (TPSA) is 29.5 Å². The van der Waals surface area contributed by atoms with E-state index in [1.807, 2.05) is 6.07 Å². The molecule has 1 N–H and O–H groups in total. The fourth-order valence-corrected chi connectivity index (χ4v) is 6.01. The van der Waals surface area contributed by atoms with Gasteiger partial charge in [-0.1, -0.05) is 13.8 Å². The fourth-order valence-electron chi connectivity index (χ4n) is 6.01. The Balaban J connectivity index is 1.72. The van der Waals surface area contributed by atoms with E-state index in [2.05, 4.69) is 19.9 Å². The van der Waals surface area contributed by atoms with Crippen molar-refractivity contribution in [3.05, 3.63) is 23.3 Å². The molecule has 0 spiro atoms. The summed E-state index contributed by atoms with van der Waals surface area (Å²) in [5, 5.41) is 10.1. The van der Waals surface area contributed by atoms with Crippen LogP contribution in [0, 0.1) is 23.2 Å². The van der Waals surface area contributed by atoms with Crippen LogP contribution in [-0.4, -0.2) is 12.2 Å². The summed E-state index contributed by atoms with van der Waals surface area (Å²) in [6.07, 6.45) is 7.93. The van der Waals surface area contributed by atoms with Gasteiger partial charge < -0.3 is 9.84 Å². The molecule has 5 atom stereocenters. The molecule has 0 saturated heterocycles. The van der Waals surface area contributed by atoms with Crippen LogP contribution < -0.4 is 4.74 Å². The van der Waals surface area contributed by atoms with E-state index in [-0.39, 0.29) is 0 Å². The Morgan fingerprint density at radius 2 is 2.00 bits per heavy atom. The zero-order valence-corrected chi connectivity index (χ0v) is 14.1. The lowest BCUT2D eigenvalue weighted by Gasteiger charge is -2.50. The van der Waals surface area contributed by atoms with Crippen LogP contribution in [0.1, 0.15) is 63.0 Å². The summed E-state index contributed by atoms with van der Waals surface area (Å²) >= 11 is 0. The monoisotopic (exact) mass is 300 g/mol. The molecule has 0 bridgehead atoms. The number of aromatic hydroxyl groups is 1. The molecule has 2 fully saturated rings. The summed E-state index contributed by atoms with van der Waals surface area (Å²) in [4.78, 5) is 0. The summed E-state index contributed by atoms with van der Waals surface area (Å²) in [7, 11) is 1.65. The Morgan fingerprint density at radius 3 is 2.77 bits per heavy atom. The summed E-state index contributed by atoms with van der Waals surface area (Å²) in [5.41, 5.74) is 3.39. The van der Waals surface area contributed by atoms with Crippen molar-refractivity contribution in [1.29, 1.82) is 0 Å². The minimum Gasteiger partial charge on any atom is -0.504 e. The lowest BCUT2D eigenvalue weighted by molar-refractivity contribution is 0.0336. The summed E-state index contributed by atoms with van der Waals surface area (Å²) < 4.78 is 5.36. The second-order valence-corrected chi connectivity index (χ2v) is 8.16. The molecule has 0 heterocycles. The Hall–Kier alpha value is -1.18. The van der Waals surface area contributed by atoms with E-state index in [1.165, 1.54) is 43.2 Å². The highest BCUT2D eigenvalue weighted by molar-refractivity contribution is 5.49. The molecule has 0 aromatic heterocycles. The minimum atomic E-state index is 0.301. The molecule has 1 aromatic rings. The van der Waals surface area contributed by atoms with Crippen LogP contribution in [-0.2, 0) is 6.42 Å². The lowest BCUT2D eigenvalue weighted by Crippen LogP contribution is -2.41. The number of ether oxygens (including phenoxy) is 1. The molecular weight excluding hydrogens is 272 g/mol. The number of phenols is 1. The summed E-state index contributed by atoms with van der Waals surface area (Å²) in [5.74, 6) is 4.25. The Labute approximate surface area is 133 Å². The van der Waals surface area contributed by atoms with Crippen molar-refractivity contribution in [2.75, 3.05) is 7.11 Å². The maximum atomic E-state index is 10.1. The van der Waals surface area contributed by atoms with Crippen LogP contribution in [0.4, 0.5) is 0 Å². The van der Waals surface area contributed by atoms with E-state index >= 15 is 0 Å². The van der Waals surface area contributed by atoms with Crippen LogP contribution in [0.2, 0.25) is 0 Å². The average molecular weight is 300 g/mol. The third-order valence-electron chi connectivity index (χ3n) is 7.50. The zero-order valence-electron chi connectivity index (χ0n) is 14.1. The molecule has 0 unspecified atom stereocenters. The lowest BCUT2D eigenvalue weighted by atomic mass is 9.54. The van der Waals surface area contributed by atoms with Gasteiger partial charge in [-0.3, -0.25) is 0 Å². The molecule has 22 heavy (non-hydrogen) atoms. The normalized spacial score (nSPS) is 39.8. The second kappa shape index (κ2) is 4.91. The van der Waals surface area contributed by atoms with Crippen LogP contribution in [0.5, 0.6) is 11.5 Å². The van der Waals surface area contributed by atoms with E-state index in [9.17, 15) is 5.11 Å². The number of aryl methyl sites for hydroxylation is 1. The third kappa shape index (κ3) is 1.85. The van der Waals surface area contributed by atoms with Crippen molar-refractivity contribution in [1.82, 2.24) is 0 Å². The second-order valence-electron chi connectivity index (χ2n) is 8.16. The van der Waals surface area contributed by atoms with E-state index < -0.39 is 0 Å². The standard InChI is InChI=1S/C20H28O2/c1-12-4-7-17-15-6-5-13-10-18(21)19(22-3)11-16(13)14(15)8-9-20(12,17)2/h10-12,14-15,17,21H,4-9H2,1-3H3/t12-,14-,15+,17-,20+/m0/s1. The smallest absolute Gasteiger partial charge is 0.160 e. The van der Waals surface area contributed by atoms with Gasteiger partial charge in [0, 0.05) is 0 Å². The van der Waals surface area contributed by atoms with Gasteiger partial charge in [-0.2, -0.15) is 0 Å². The summed E-state index contributed by atoms with van der Waals surface area (Å²) in [6.45, 7) is 5.02. The number of hydrogen-bond donors (Lipinski definition) is 1. The number of fused-ring (bicyclic) bond motifs is 5. The number of methoxy groups -OCH3 is 1. The summed E-state index contributed by atoms with van der Waals surface area (Å²) in [6, 6.07) is 4.08. The van der Waals surface area contributed by atoms with Crippen LogP contribution in [0.25, 0.3) is 0 Å². The van der Waals surface area contributed by atoms with Crippen LogP contribution in [0.3, 0.4) is 0 Å². The fraction of sp³-hybridized carbons (Fsp3) is 0.700. The van der Waals surface area contributed by atoms with Crippen LogP contribution in [0.15, 0.2) is 12.1 Å². The molecule has 0 amide bonds. The number of rotatable bonds is 1. The first-order chi connectivity index (χ1) is 10.5. The Bertz CT molecular complexity index is 594. The molecule has 0 aliphatic heterocycles. The highest BCUT2D eigenvalue weighted by atomic mass is 16.5. The molecule has 2 saturated carbocycles. The quantitative estimate of drug-likeness (QED) is 0.800. The van der Waals surface area contributed by atoms with Crippen molar-refractivity contribution in [2.45, 2.75) is 58.3 Å². The van der Waals surface area contributed by atoms with E-state index in [1.54, 1.807) is 7.11 Å². The number of benzene rings is 1. The maximum Gasteiger partial charge on any atom is 0.160 e. The van der Waals surface area contributed by atoms with E-state index in [4.69, 9.17) is 4.74 Å². The largest absolute Gasteiger partial charge is 0.504 e. The van der Waals surface area contributed by atoms with Gasteiger partial charge in [0.1, 0.15) is 0 Å². The van der Waals surface area contributed by atoms with Crippen molar-refractivity contribution in [2.24, 2.45) is 23.2 Å². The Morgan fingerprint density at radius 1 is 1.18 bits per heavy atom.